The van der Waals surface area contributed by atoms with E-state index in [2.05, 4.69) is 19.1 Å². The average Bonchev–Trinajstić information content (AvgIpc) is 3.23. The van der Waals surface area contributed by atoms with Gasteiger partial charge in [-0.15, -0.1) is 22.9 Å². The molecule has 4 atom stereocenters. The molecule has 28 heavy (non-hydrogen) atoms. The van der Waals surface area contributed by atoms with Gasteiger partial charge in [-0.05, 0) is 56.6 Å². The summed E-state index contributed by atoms with van der Waals surface area (Å²) < 4.78 is 0. The first-order valence-corrected chi connectivity index (χ1v) is 12.1. The van der Waals surface area contributed by atoms with Gasteiger partial charge in [0, 0.05) is 16.2 Å². The summed E-state index contributed by atoms with van der Waals surface area (Å²) in [7, 11) is 0. The quantitative estimate of drug-likeness (QED) is 0.210. The van der Waals surface area contributed by atoms with Gasteiger partial charge in [-0.2, -0.15) is 0 Å². The summed E-state index contributed by atoms with van der Waals surface area (Å²) >= 11 is 7.89. The lowest BCUT2D eigenvalue weighted by Gasteiger charge is -2.20. The van der Waals surface area contributed by atoms with E-state index >= 15 is 0 Å². The fraction of sp³-hybridized carbons (Fsp3) is 0.696. The van der Waals surface area contributed by atoms with Gasteiger partial charge in [0.15, 0.2) is 0 Å². The lowest BCUT2D eigenvalue weighted by Crippen LogP contribution is -2.18. The lowest BCUT2D eigenvalue weighted by atomic mass is 9.89. The summed E-state index contributed by atoms with van der Waals surface area (Å²) in [6.45, 7) is 2.24. The molecule has 1 aliphatic rings. The second kappa shape index (κ2) is 12.7. The number of carboxylic acid groups (broad SMARTS) is 1. The van der Waals surface area contributed by atoms with Crippen LogP contribution in [0.4, 0.5) is 0 Å². The third-order valence-electron chi connectivity index (χ3n) is 5.79. The number of hydrogen-bond acceptors (Lipinski definition) is 3. The lowest BCUT2D eigenvalue weighted by molar-refractivity contribution is 0.0702. The third-order valence-corrected chi connectivity index (χ3v) is 7.42. The predicted octanol–water partition coefficient (Wildman–Crippen LogP) is 6.68. The van der Waals surface area contributed by atoms with Crippen LogP contribution in [0.15, 0.2) is 24.3 Å². The molecular weight excluding hydrogens is 392 g/mol. The van der Waals surface area contributed by atoms with Crippen LogP contribution >= 0.6 is 22.9 Å². The largest absolute Gasteiger partial charge is 0.477 e. The van der Waals surface area contributed by atoms with Gasteiger partial charge in [-0.1, -0.05) is 51.2 Å². The van der Waals surface area contributed by atoms with Crippen LogP contribution in [0.3, 0.4) is 0 Å². The Bertz CT molecular complexity index is 613. The smallest absolute Gasteiger partial charge is 0.345 e. The maximum Gasteiger partial charge on any atom is 0.345 e. The minimum Gasteiger partial charge on any atom is -0.477 e. The summed E-state index contributed by atoms with van der Waals surface area (Å²) in [5.41, 5.74) is 0. The zero-order chi connectivity index (χ0) is 20.4. The summed E-state index contributed by atoms with van der Waals surface area (Å²) in [5, 5.41) is 19.5. The molecule has 1 saturated carbocycles. The number of allylic oxidation sites excluding steroid dienone is 1. The van der Waals surface area contributed by atoms with E-state index in [0.717, 1.165) is 30.6 Å². The molecule has 2 rings (SSSR count). The fourth-order valence-corrected chi connectivity index (χ4v) is 5.53. The zero-order valence-electron chi connectivity index (χ0n) is 17.0. The van der Waals surface area contributed by atoms with Gasteiger partial charge in [0.2, 0.25) is 0 Å². The first-order valence-electron chi connectivity index (χ1n) is 10.8. The second-order valence-electron chi connectivity index (χ2n) is 8.01. The molecule has 2 N–H and O–H groups in total. The Labute approximate surface area is 178 Å². The van der Waals surface area contributed by atoms with E-state index in [1.807, 2.05) is 6.07 Å². The van der Waals surface area contributed by atoms with Crippen molar-refractivity contribution in [3.8, 4) is 0 Å². The Balaban J connectivity index is 1.74. The van der Waals surface area contributed by atoms with Crippen molar-refractivity contribution >= 4 is 28.9 Å². The standard InChI is InChI=1S/C23H35ClO3S/c1-2-3-4-5-6-7-8-9-12-19-18(20(24)16-21(19)25)13-10-11-17-14-15-22(28-17)23(26)27/h9,12,14-15,18-21,25H,2-8,10-11,13,16H2,1H3,(H,26,27)/t18-,19-,20?,21-/m1/s1. The van der Waals surface area contributed by atoms with E-state index in [1.165, 1.54) is 49.9 Å². The van der Waals surface area contributed by atoms with E-state index < -0.39 is 5.97 Å². The minimum absolute atomic E-state index is 0.0246. The molecule has 1 aliphatic carbocycles. The minimum atomic E-state index is -0.855. The number of aryl methyl sites for hydroxylation is 1. The van der Waals surface area contributed by atoms with Crippen LogP contribution in [0.25, 0.3) is 0 Å². The molecular formula is C23H35ClO3S. The van der Waals surface area contributed by atoms with Gasteiger partial charge in [0.05, 0.1) is 6.10 Å². The number of hydrogen-bond donors (Lipinski definition) is 2. The predicted molar refractivity (Wildman–Crippen MR) is 119 cm³/mol. The molecule has 0 spiro atoms. The molecule has 0 aliphatic heterocycles. The number of rotatable bonds is 13. The molecule has 1 heterocycles. The van der Waals surface area contributed by atoms with Gasteiger partial charge < -0.3 is 10.2 Å². The molecule has 3 nitrogen and oxygen atoms in total. The molecule has 1 unspecified atom stereocenters. The number of aromatic carboxylic acids is 1. The molecule has 0 radical (unpaired) electrons. The van der Waals surface area contributed by atoms with Crippen molar-refractivity contribution < 1.29 is 15.0 Å². The van der Waals surface area contributed by atoms with Crippen molar-refractivity contribution in [1.29, 1.82) is 0 Å². The molecule has 0 aromatic carbocycles. The van der Waals surface area contributed by atoms with Crippen molar-refractivity contribution in [1.82, 2.24) is 0 Å². The summed E-state index contributed by atoms with van der Waals surface area (Å²) in [4.78, 5) is 12.5. The third kappa shape index (κ3) is 7.53. The Hall–Kier alpha value is -0.840. The highest BCUT2D eigenvalue weighted by Gasteiger charge is 2.39. The molecule has 5 heteroatoms. The monoisotopic (exact) mass is 426 g/mol. The van der Waals surface area contributed by atoms with Crippen molar-refractivity contribution in [3.05, 3.63) is 34.0 Å². The number of alkyl halides is 1. The van der Waals surface area contributed by atoms with Crippen LogP contribution in [0.1, 0.15) is 85.7 Å². The first-order chi connectivity index (χ1) is 13.5. The Morgan fingerprint density at radius 3 is 2.68 bits per heavy atom. The molecule has 0 bridgehead atoms. The highest BCUT2D eigenvalue weighted by atomic mass is 35.5. The molecule has 0 amide bonds. The Morgan fingerprint density at radius 2 is 1.96 bits per heavy atom. The highest BCUT2D eigenvalue weighted by molar-refractivity contribution is 7.13. The number of carboxylic acids is 1. The Morgan fingerprint density at radius 1 is 1.21 bits per heavy atom. The van der Waals surface area contributed by atoms with Gasteiger partial charge >= 0.3 is 5.97 Å². The van der Waals surface area contributed by atoms with Gasteiger partial charge in [0.25, 0.3) is 0 Å². The zero-order valence-corrected chi connectivity index (χ0v) is 18.6. The summed E-state index contributed by atoms with van der Waals surface area (Å²) in [6, 6.07) is 3.59. The van der Waals surface area contributed by atoms with E-state index in [4.69, 9.17) is 16.7 Å². The number of unbranched alkanes of at least 4 members (excludes halogenated alkanes) is 6. The van der Waals surface area contributed by atoms with Gasteiger partial charge in [0.1, 0.15) is 4.88 Å². The van der Waals surface area contributed by atoms with E-state index in [1.54, 1.807) is 6.07 Å². The van der Waals surface area contributed by atoms with E-state index in [0.29, 0.717) is 17.2 Å². The molecule has 158 valence electrons. The average molecular weight is 427 g/mol. The van der Waals surface area contributed by atoms with E-state index in [9.17, 15) is 9.90 Å². The number of halogens is 1. The molecule has 1 fully saturated rings. The second-order valence-corrected chi connectivity index (χ2v) is 9.74. The van der Waals surface area contributed by atoms with Crippen molar-refractivity contribution in [2.45, 2.75) is 89.0 Å². The number of aliphatic hydroxyl groups is 1. The normalized spacial score (nSPS) is 25.0. The maximum atomic E-state index is 11.0. The van der Waals surface area contributed by atoms with Crippen LogP contribution in [0.2, 0.25) is 0 Å². The van der Waals surface area contributed by atoms with Crippen molar-refractivity contribution in [2.75, 3.05) is 0 Å². The SMILES string of the molecule is CCCCCCCCC=C[C@H]1[C@H](O)CC(Cl)[C@@H]1CCCc1ccc(C(=O)O)s1. The number of thiophene rings is 1. The van der Waals surface area contributed by atoms with Crippen LogP contribution in [0, 0.1) is 11.8 Å². The first kappa shape index (κ1) is 23.4. The maximum absolute atomic E-state index is 11.0. The van der Waals surface area contributed by atoms with Crippen LogP contribution < -0.4 is 0 Å². The van der Waals surface area contributed by atoms with Gasteiger partial charge in [-0.3, -0.25) is 0 Å². The topological polar surface area (TPSA) is 57.5 Å². The Kier molecular flexibility index (Phi) is 10.6. The van der Waals surface area contributed by atoms with Crippen LogP contribution in [0.5, 0.6) is 0 Å². The summed E-state index contributed by atoms with van der Waals surface area (Å²) in [6.07, 6.45) is 16.5. The number of carbonyl (C=O) groups is 1. The molecule has 1 aromatic rings. The van der Waals surface area contributed by atoms with Crippen molar-refractivity contribution in [3.63, 3.8) is 0 Å². The highest BCUT2D eigenvalue weighted by Crippen LogP contribution is 2.40. The summed E-state index contributed by atoms with van der Waals surface area (Å²) in [5.74, 6) is -0.400. The number of aliphatic hydroxyl groups excluding tert-OH is 1. The van der Waals surface area contributed by atoms with Crippen LogP contribution in [-0.4, -0.2) is 27.7 Å². The van der Waals surface area contributed by atoms with Gasteiger partial charge in [-0.25, -0.2) is 4.79 Å². The fourth-order valence-electron chi connectivity index (χ4n) is 4.17. The van der Waals surface area contributed by atoms with E-state index in [-0.39, 0.29) is 17.4 Å². The van der Waals surface area contributed by atoms with Crippen molar-refractivity contribution in [2.24, 2.45) is 11.8 Å². The van der Waals surface area contributed by atoms with Crippen LogP contribution in [-0.2, 0) is 6.42 Å². The molecule has 1 aromatic heterocycles. The molecule has 0 saturated heterocycles.